The number of hydrogen-bond acceptors (Lipinski definition) is 8. The summed E-state index contributed by atoms with van der Waals surface area (Å²) in [5.74, 6) is -3.82. The Morgan fingerprint density at radius 2 is 1.67 bits per heavy atom. The lowest BCUT2D eigenvalue weighted by atomic mass is 9.84. The van der Waals surface area contributed by atoms with Gasteiger partial charge in [0.15, 0.2) is 0 Å². The maximum Gasteiger partial charge on any atom is 0.320 e. The molecule has 15 heteroatoms. The third kappa shape index (κ3) is 11.7. The van der Waals surface area contributed by atoms with E-state index in [1.807, 2.05) is 51.1 Å². The Kier molecular flexibility index (Phi) is 14.8. The highest BCUT2D eigenvalue weighted by molar-refractivity contribution is 5.89. The van der Waals surface area contributed by atoms with Crippen molar-refractivity contribution in [3.8, 4) is 11.3 Å². The van der Waals surface area contributed by atoms with Crippen molar-refractivity contribution in [3.63, 3.8) is 0 Å². The van der Waals surface area contributed by atoms with Crippen LogP contribution in [-0.2, 0) is 25.7 Å². The monoisotopic (exact) mass is 713 g/mol. The number of nitrogens with two attached hydrogens (primary N) is 2. The second kappa shape index (κ2) is 18.5. The summed E-state index contributed by atoms with van der Waals surface area (Å²) >= 11 is 0. The molecule has 0 unspecified atom stereocenters. The number of imidazole rings is 1. The van der Waals surface area contributed by atoms with Crippen LogP contribution in [0.25, 0.3) is 11.3 Å². The molecule has 4 atom stereocenters. The van der Waals surface area contributed by atoms with E-state index in [0.717, 1.165) is 23.8 Å². The number of carbonyl (C=O) groups is 4. The van der Waals surface area contributed by atoms with Gasteiger partial charge in [0, 0.05) is 31.4 Å². The molecule has 13 nitrogen and oxygen atoms in total. The van der Waals surface area contributed by atoms with E-state index in [1.54, 1.807) is 10.8 Å². The zero-order valence-corrected chi connectivity index (χ0v) is 29.4. The predicted molar refractivity (Wildman–Crippen MR) is 187 cm³/mol. The van der Waals surface area contributed by atoms with Crippen molar-refractivity contribution in [1.82, 2.24) is 25.1 Å². The number of amides is 3. The quantitative estimate of drug-likeness (QED) is 0.107. The number of aromatic nitrogens is 2. The smallest absolute Gasteiger partial charge is 0.320 e. The average molecular weight is 714 g/mol. The number of rotatable bonds is 18. The first-order valence-corrected chi connectivity index (χ1v) is 16.8. The van der Waals surface area contributed by atoms with Crippen molar-refractivity contribution in [3.05, 3.63) is 77.8 Å². The Morgan fingerprint density at radius 3 is 2.29 bits per heavy atom. The van der Waals surface area contributed by atoms with Gasteiger partial charge in [0.25, 0.3) is 0 Å². The molecule has 8 N–H and O–H groups in total. The van der Waals surface area contributed by atoms with Crippen LogP contribution in [0, 0.1) is 17.0 Å². The number of unbranched alkanes of at least 4 members (excludes halogenated alkanes) is 1. The number of benzene rings is 2. The van der Waals surface area contributed by atoms with Crippen LogP contribution in [0.1, 0.15) is 70.8 Å². The minimum Gasteiger partial charge on any atom is -0.480 e. The Hall–Kier alpha value is -4.73. The number of aliphatic hydroxyl groups is 1. The Morgan fingerprint density at radius 1 is 0.980 bits per heavy atom. The summed E-state index contributed by atoms with van der Waals surface area (Å²) in [4.78, 5) is 55.9. The van der Waals surface area contributed by atoms with Gasteiger partial charge in [0.1, 0.15) is 36.1 Å². The first-order valence-electron chi connectivity index (χ1n) is 16.8. The van der Waals surface area contributed by atoms with Crippen molar-refractivity contribution in [2.75, 3.05) is 19.7 Å². The van der Waals surface area contributed by atoms with Gasteiger partial charge in [-0.3, -0.25) is 19.2 Å². The second-order valence-electron chi connectivity index (χ2n) is 13.6. The summed E-state index contributed by atoms with van der Waals surface area (Å²) in [6.07, 6.45) is 2.80. The summed E-state index contributed by atoms with van der Waals surface area (Å²) < 4.78 is 31.0. The van der Waals surface area contributed by atoms with Gasteiger partial charge in [0.05, 0.1) is 17.8 Å². The van der Waals surface area contributed by atoms with Gasteiger partial charge in [-0.2, -0.15) is 0 Å². The van der Waals surface area contributed by atoms with Gasteiger partial charge in [-0.25, -0.2) is 13.8 Å². The van der Waals surface area contributed by atoms with Gasteiger partial charge in [-0.05, 0) is 61.8 Å². The molecule has 0 saturated heterocycles. The number of carboxylic acid groups (broad SMARTS) is 1. The van der Waals surface area contributed by atoms with Crippen LogP contribution in [0.4, 0.5) is 8.78 Å². The van der Waals surface area contributed by atoms with Crippen LogP contribution in [0.5, 0.6) is 0 Å². The summed E-state index contributed by atoms with van der Waals surface area (Å²) in [5, 5.41) is 24.1. The molecule has 3 amide bonds. The van der Waals surface area contributed by atoms with E-state index in [2.05, 4.69) is 10.6 Å². The van der Waals surface area contributed by atoms with Crippen molar-refractivity contribution in [2.24, 2.45) is 16.9 Å². The van der Waals surface area contributed by atoms with Crippen LogP contribution in [0.2, 0.25) is 0 Å². The second-order valence-corrected chi connectivity index (χ2v) is 13.6. The molecule has 1 aromatic heterocycles. The summed E-state index contributed by atoms with van der Waals surface area (Å²) in [6, 6.07) is 8.58. The fourth-order valence-corrected chi connectivity index (χ4v) is 5.63. The molecule has 0 radical (unpaired) electrons. The van der Waals surface area contributed by atoms with Gasteiger partial charge < -0.3 is 41.8 Å². The molecule has 0 spiro atoms. The molecule has 2 aromatic carbocycles. The Balaban J connectivity index is 1.81. The number of carbonyl (C=O) groups excluding carboxylic acids is 3. The summed E-state index contributed by atoms with van der Waals surface area (Å²) in [5.41, 5.74) is 12.0. The topological polar surface area (TPSA) is 206 Å². The Labute approximate surface area is 296 Å². The zero-order chi connectivity index (χ0) is 37.9. The standard InChI is InChI=1S/C36H49F2N7O6/c1-22(33(48)41-16-9-8-12-28(40)35(50)51)42-34(49)27(39)15-17-45(30(47)21-46)31(36(2,3)4)32-43-29(25-18-24(37)13-14-26(25)38)20-44(32)19-23-10-6-5-7-11-23/h5-7,10-11,13-14,18,20,22,27-28,31,46H,8-9,12,15-17,19,21,39-40H2,1-4H3,(H,41,48)(H,42,49)(H,50,51)/t22-,27+,28+,31+/m1/s1. The predicted octanol–water partition coefficient (Wildman–Crippen LogP) is 2.71. The summed E-state index contributed by atoms with van der Waals surface area (Å²) in [6.45, 7) is 6.70. The molecule has 1 heterocycles. The van der Waals surface area contributed by atoms with Crippen molar-refractivity contribution < 1.29 is 38.2 Å². The number of hydrogen-bond donors (Lipinski definition) is 6. The maximum atomic E-state index is 15.0. The molecule has 51 heavy (non-hydrogen) atoms. The van der Waals surface area contributed by atoms with Crippen LogP contribution < -0.4 is 22.1 Å². The van der Waals surface area contributed by atoms with Crippen molar-refractivity contribution >= 4 is 23.7 Å². The highest BCUT2D eigenvalue weighted by Gasteiger charge is 2.38. The first-order chi connectivity index (χ1) is 24.0. The van der Waals surface area contributed by atoms with Crippen LogP contribution in [0.15, 0.2) is 54.7 Å². The molecular formula is C36H49F2N7O6. The van der Waals surface area contributed by atoms with Crippen molar-refractivity contribution in [1.29, 1.82) is 0 Å². The number of aliphatic carboxylic acids is 1. The fraction of sp³-hybridized carbons (Fsp3) is 0.472. The number of nitrogens with one attached hydrogen (secondary N) is 2. The molecule has 3 aromatic rings. The molecule has 0 bridgehead atoms. The van der Waals surface area contributed by atoms with E-state index in [9.17, 15) is 33.1 Å². The molecule has 0 aliphatic rings. The molecular weight excluding hydrogens is 664 g/mol. The molecule has 278 valence electrons. The maximum absolute atomic E-state index is 15.0. The third-order valence-electron chi connectivity index (χ3n) is 8.37. The number of aliphatic hydroxyl groups excluding tert-OH is 1. The van der Waals surface area contributed by atoms with E-state index in [1.165, 1.54) is 11.8 Å². The highest BCUT2D eigenvalue weighted by atomic mass is 19.1. The zero-order valence-electron chi connectivity index (χ0n) is 29.4. The summed E-state index contributed by atoms with van der Waals surface area (Å²) in [7, 11) is 0. The van der Waals surface area contributed by atoms with E-state index < -0.39 is 71.5 Å². The molecule has 0 saturated carbocycles. The molecule has 3 rings (SSSR count). The van der Waals surface area contributed by atoms with Gasteiger partial charge in [-0.15, -0.1) is 0 Å². The number of halogens is 2. The lowest BCUT2D eigenvalue weighted by Gasteiger charge is -2.40. The largest absolute Gasteiger partial charge is 0.480 e. The number of nitrogens with zero attached hydrogens (tertiary/aromatic N) is 3. The van der Waals surface area contributed by atoms with Crippen molar-refractivity contribution in [2.45, 2.75) is 84.1 Å². The van der Waals surface area contributed by atoms with Crippen LogP contribution in [-0.4, -0.2) is 86.2 Å². The highest BCUT2D eigenvalue weighted by Crippen LogP contribution is 2.39. The van der Waals surface area contributed by atoms with Crippen LogP contribution >= 0.6 is 0 Å². The lowest BCUT2D eigenvalue weighted by Crippen LogP contribution is -2.52. The fourth-order valence-electron chi connectivity index (χ4n) is 5.63. The van der Waals surface area contributed by atoms with Crippen LogP contribution in [0.3, 0.4) is 0 Å². The third-order valence-corrected chi connectivity index (χ3v) is 8.37. The first kappa shape index (κ1) is 40.7. The lowest BCUT2D eigenvalue weighted by molar-refractivity contribution is -0.140. The van der Waals surface area contributed by atoms with Gasteiger partial charge in [0.2, 0.25) is 17.7 Å². The Bertz CT molecular complexity index is 1650. The molecule has 0 aliphatic heterocycles. The average Bonchev–Trinajstić information content (AvgIpc) is 3.48. The van der Waals surface area contributed by atoms with Gasteiger partial charge >= 0.3 is 5.97 Å². The van der Waals surface area contributed by atoms with E-state index in [4.69, 9.17) is 21.6 Å². The number of carboxylic acids is 1. The van der Waals surface area contributed by atoms with Gasteiger partial charge in [-0.1, -0.05) is 51.1 Å². The van der Waals surface area contributed by atoms with E-state index in [-0.39, 0.29) is 43.7 Å². The SMILES string of the molecule is C[C@@H](NC(=O)[C@@H](N)CCN(C(=O)CO)[C@@H](c1nc(-c2cc(F)ccc2F)cn1Cc1ccccc1)C(C)(C)C)C(=O)NCCCC[C@H](N)C(=O)O. The van der Waals surface area contributed by atoms with E-state index in [0.29, 0.717) is 18.7 Å². The minimum atomic E-state index is -1.15. The minimum absolute atomic E-state index is 0.0485. The molecule has 0 fully saturated rings. The van der Waals surface area contributed by atoms with E-state index >= 15 is 0 Å². The normalized spacial score (nSPS) is 13.9. The molecule has 0 aliphatic carbocycles.